The standard InChI is InChI=1S/C8H13NOS/c10-7-2-1-4-9-8(7)3-5-11-6-8/h9H,1-6H2. The first-order chi connectivity index (χ1) is 5.33. The van der Waals surface area contributed by atoms with Crippen LogP contribution < -0.4 is 5.32 Å². The number of piperidine rings is 1. The minimum atomic E-state index is -0.0943. The molecule has 3 heteroatoms. The Morgan fingerprint density at radius 1 is 1.55 bits per heavy atom. The van der Waals surface area contributed by atoms with Gasteiger partial charge in [0.2, 0.25) is 0 Å². The highest BCUT2D eigenvalue weighted by molar-refractivity contribution is 7.99. The molecule has 1 unspecified atom stereocenters. The van der Waals surface area contributed by atoms with Crippen LogP contribution in [-0.2, 0) is 4.79 Å². The molecule has 2 nitrogen and oxygen atoms in total. The lowest BCUT2D eigenvalue weighted by Crippen LogP contribution is -2.55. The summed E-state index contributed by atoms with van der Waals surface area (Å²) in [6, 6.07) is 0. The van der Waals surface area contributed by atoms with Crippen molar-refractivity contribution >= 4 is 17.5 Å². The number of rotatable bonds is 0. The molecular weight excluding hydrogens is 158 g/mol. The third-order valence-corrected chi connectivity index (χ3v) is 3.79. The number of nitrogens with one attached hydrogen (secondary N) is 1. The van der Waals surface area contributed by atoms with Crippen LogP contribution in [0.3, 0.4) is 0 Å². The monoisotopic (exact) mass is 171 g/mol. The second-order valence-corrected chi connectivity index (χ2v) is 4.44. The first-order valence-electron chi connectivity index (χ1n) is 4.20. The molecule has 0 aromatic rings. The molecule has 0 radical (unpaired) electrons. The van der Waals surface area contributed by atoms with Gasteiger partial charge in [-0.1, -0.05) is 0 Å². The molecule has 2 saturated heterocycles. The van der Waals surface area contributed by atoms with Gasteiger partial charge in [0, 0.05) is 12.2 Å². The zero-order chi connectivity index (χ0) is 7.73. The molecule has 2 aliphatic rings. The van der Waals surface area contributed by atoms with E-state index < -0.39 is 0 Å². The number of carbonyl (C=O) groups is 1. The van der Waals surface area contributed by atoms with Crippen LogP contribution in [0.4, 0.5) is 0 Å². The third kappa shape index (κ3) is 1.20. The van der Waals surface area contributed by atoms with Crippen molar-refractivity contribution in [2.75, 3.05) is 18.1 Å². The van der Waals surface area contributed by atoms with Crippen LogP contribution in [0.2, 0.25) is 0 Å². The van der Waals surface area contributed by atoms with Gasteiger partial charge < -0.3 is 5.32 Å². The first-order valence-corrected chi connectivity index (χ1v) is 5.35. The van der Waals surface area contributed by atoms with Gasteiger partial charge in [-0.15, -0.1) is 0 Å². The number of carbonyl (C=O) groups excluding carboxylic acids is 1. The van der Waals surface area contributed by atoms with E-state index in [4.69, 9.17) is 0 Å². The second-order valence-electron chi connectivity index (χ2n) is 3.34. The maximum Gasteiger partial charge on any atom is 0.153 e. The van der Waals surface area contributed by atoms with Gasteiger partial charge in [0.1, 0.15) is 0 Å². The fourth-order valence-electron chi connectivity index (χ4n) is 1.84. The molecule has 2 rings (SSSR count). The van der Waals surface area contributed by atoms with Crippen LogP contribution in [0.5, 0.6) is 0 Å². The predicted octanol–water partition coefficient (Wildman–Crippen LogP) is 0.815. The van der Waals surface area contributed by atoms with Gasteiger partial charge in [-0.3, -0.25) is 4.79 Å². The molecule has 1 atom stereocenters. The Hall–Kier alpha value is -0.0200. The largest absolute Gasteiger partial charge is 0.304 e. The van der Waals surface area contributed by atoms with E-state index >= 15 is 0 Å². The molecule has 0 saturated carbocycles. The summed E-state index contributed by atoms with van der Waals surface area (Å²) >= 11 is 1.90. The third-order valence-electron chi connectivity index (χ3n) is 2.60. The summed E-state index contributed by atoms with van der Waals surface area (Å²) in [6.45, 7) is 1.03. The van der Waals surface area contributed by atoms with E-state index in [9.17, 15) is 4.79 Å². The lowest BCUT2D eigenvalue weighted by Gasteiger charge is -2.32. The maximum atomic E-state index is 11.5. The second kappa shape index (κ2) is 2.79. The fraction of sp³-hybridized carbons (Fsp3) is 0.875. The van der Waals surface area contributed by atoms with Crippen molar-refractivity contribution in [3.63, 3.8) is 0 Å². The van der Waals surface area contributed by atoms with Crippen molar-refractivity contribution in [1.82, 2.24) is 5.32 Å². The summed E-state index contributed by atoms with van der Waals surface area (Å²) in [5, 5.41) is 3.37. The van der Waals surface area contributed by atoms with Crippen LogP contribution >= 0.6 is 11.8 Å². The number of Topliss-reactive ketones (excluding diaryl/α,β-unsaturated/α-hetero) is 1. The minimum absolute atomic E-state index is 0.0943. The topological polar surface area (TPSA) is 29.1 Å². The Bertz CT molecular complexity index is 175. The van der Waals surface area contributed by atoms with Gasteiger partial charge in [-0.2, -0.15) is 11.8 Å². The van der Waals surface area contributed by atoms with E-state index in [-0.39, 0.29) is 5.54 Å². The molecular formula is C8H13NOS. The van der Waals surface area contributed by atoms with Gasteiger partial charge in [0.15, 0.2) is 5.78 Å². The van der Waals surface area contributed by atoms with Crippen LogP contribution in [0.1, 0.15) is 19.3 Å². The highest BCUT2D eigenvalue weighted by Gasteiger charge is 2.41. The molecule has 1 spiro atoms. The Kier molecular flexibility index (Phi) is 1.93. The zero-order valence-corrected chi connectivity index (χ0v) is 7.38. The Morgan fingerprint density at radius 3 is 3.09 bits per heavy atom. The summed E-state index contributed by atoms with van der Waals surface area (Å²) in [5.74, 6) is 2.61. The molecule has 62 valence electrons. The van der Waals surface area contributed by atoms with Crippen molar-refractivity contribution in [2.24, 2.45) is 0 Å². The Morgan fingerprint density at radius 2 is 2.45 bits per heavy atom. The normalized spacial score (nSPS) is 38.4. The lowest BCUT2D eigenvalue weighted by atomic mass is 9.87. The van der Waals surface area contributed by atoms with Crippen LogP contribution in [0.25, 0.3) is 0 Å². The number of ketones is 1. The quantitative estimate of drug-likeness (QED) is 0.585. The number of hydrogen-bond donors (Lipinski definition) is 1. The summed E-state index contributed by atoms with van der Waals surface area (Å²) in [7, 11) is 0. The molecule has 0 aromatic heterocycles. The van der Waals surface area contributed by atoms with E-state index in [1.807, 2.05) is 11.8 Å². The average Bonchev–Trinajstić information content (AvgIpc) is 2.46. The molecule has 2 fully saturated rings. The highest BCUT2D eigenvalue weighted by atomic mass is 32.2. The summed E-state index contributed by atoms with van der Waals surface area (Å²) in [4.78, 5) is 11.5. The first kappa shape index (κ1) is 7.62. The van der Waals surface area contributed by atoms with Crippen molar-refractivity contribution < 1.29 is 4.79 Å². The average molecular weight is 171 g/mol. The van der Waals surface area contributed by atoms with E-state index in [0.29, 0.717) is 5.78 Å². The SMILES string of the molecule is O=C1CCCNC12CCSC2. The molecule has 2 aliphatic heterocycles. The van der Waals surface area contributed by atoms with E-state index in [0.717, 1.165) is 37.3 Å². The van der Waals surface area contributed by atoms with Crippen LogP contribution in [-0.4, -0.2) is 29.4 Å². The van der Waals surface area contributed by atoms with E-state index in [1.165, 1.54) is 0 Å². The van der Waals surface area contributed by atoms with Gasteiger partial charge in [0.05, 0.1) is 5.54 Å². The fourth-order valence-corrected chi connectivity index (χ4v) is 3.23. The number of hydrogen-bond acceptors (Lipinski definition) is 3. The Labute approximate surface area is 71.1 Å². The van der Waals surface area contributed by atoms with Crippen molar-refractivity contribution in [1.29, 1.82) is 0 Å². The molecule has 0 amide bonds. The smallest absolute Gasteiger partial charge is 0.153 e. The summed E-state index contributed by atoms with van der Waals surface area (Å²) in [6.07, 6.45) is 2.88. The van der Waals surface area contributed by atoms with E-state index in [1.54, 1.807) is 0 Å². The maximum absolute atomic E-state index is 11.5. The predicted molar refractivity (Wildman–Crippen MR) is 46.9 cm³/mol. The molecule has 0 aromatic carbocycles. The van der Waals surface area contributed by atoms with Crippen LogP contribution in [0, 0.1) is 0 Å². The number of thioether (sulfide) groups is 1. The van der Waals surface area contributed by atoms with Gasteiger partial charge >= 0.3 is 0 Å². The molecule has 0 bridgehead atoms. The van der Waals surface area contributed by atoms with Gasteiger partial charge in [0.25, 0.3) is 0 Å². The van der Waals surface area contributed by atoms with E-state index in [2.05, 4.69) is 5.32 Å². The van der Waals surface area contributed by atoms with Crippen molar-refractivity contribution in [2.45, 2.75) is 24.8 Å². The van der Waals surface area contributed by atoms with Gasteiger partial charge in [-0.25, -0.2) is 0 Å². The minimum Gasteiger partial charge on any atom is -0.304 e. The zero-order valence-electron chi connectivity index (χ0n) is 6.56. The lowest BCUT2D eigenvalue weighted by molar-refractivity contribution is -0.126. The van der Waals surface area contributed by atoms with Gasteiger partial charge in [-0.05, 0) is 25.1 Å². The summed E-state index contributed by atoms with van der Waals surface area (Å²) < 4.78 is 0. The molecule has 0 aliphatic carbocycles. The molecule has 1 N–H and O–H groups in total. The molecule has 11 heavy (non-hydrogen) atoms. The highest BCUT2D eigenvalue weighted by Crippen LogP contribution is 2.31. The Balaban J connectivity index is 2.13. The van der Waals surface area contributed by atoms with Crippen molar-refractivity contribution in [3.8, 4) is 0 Å². The van der Waals surface area contributed by atoms with Crippen molar-refractivity contribution in [3.05, 3.63) is 0 Å². The van der Waals surface area contributed by atoms with Crippen LogP contribution in [0.15, 0.2) is 0 Å². The molecule has 2 heterocycles. The summed E-state index contributed by atoms with van der Waals surface area (Å²) in [5.41, 5.74) is -0.0943.